The second-order valence-corrected chi connectivity index (χ2v) is 5.29. The van der Waals surface area contributed by atoms with Gasteiger partial charge in [-0.15, -0.1) is 5.10 Å². The van der Waals surface area contributed by atoms with Crippen LogP contribution in [0, 0.1) is 11.6 Å². The maximum Gasteiger partial charge on any atom is 0.249 e. The van der Waals surface area contributed by atoms with E-state index >= 15 is 0 Å². The molecule has 0 radical (unpaired) electrons. The first-order valence-corrected chi connectivity index (χ1v) is 7.46. The van der Waals surface area contributed by atoms with Crippen LogP contribution in [-0.2, 0) is 0 Å². The molecular formula is C16H12ClF2N5O. The number of ether oxygens (including phenoxy) is 1. The number of nitrogens with one attached hydrogen (secondary N) is 2. The smallest absolute Gasteiger partial charge is 0.249 e. The van der Waals surface area contributed by atoms with Crippen LogP contribution in [0.5, 0.6) is 5.75 Å². The van der Waals surface area contributed by atoms with Crippen LogP contribution in [0.15, 0.2) is 42.6 Å². The molecule has 0 spiro atoms. The summed E-state index contributed by atoms with van der Waals surface area (Å²) in [7, 11) is 1.51. The van der Waals surface area contributed by atoms with Crippen molar-refractivity contribution in [3.8, 4) is 5.75 Å². The van der Waals surface area contributed by atoms with Gasteiger partial charge in [-0.3, -0.25) is 0 Å². The van der Waals surface area contributed by atoms with Crippen LogP contribution >= 0.6 is 11.6 Å². The molecule has 0 amide bonds. The number of hydrogen-bond acceptors (Lipinski definition) is 6. The summed E-state index contributed by atoms with van der Waals surface area (Å²) in [5.74, 6) is -0.759. The predicted octanol–water partition coefficient (Wildman–Crippen LogP) is 4.30. The fourth-order valence-corrected chi connectivity index (χ4v) is 2.23. The maximum atomic E-state index is 13.7. The lowest BCUT2D eigenvalue weighted by molar-refractivity contribution is 0.417. The summed E-state index contributed by atoms with van der Waals surface area (Å²) < 4.78 is 32.6. The largest absolute Gasteiger partial charge is 0.495 e. The van der Waals surface area contributed by atoms with E-state index in [1.54, 1.807) is 18.2 Å². The number of methoxy groups -OCH3 is 1. The minimum Gasteiger partial charge on any atom is -0.495 e. The van der Waals surface area contributed by atoms with Gasteiger partial charge in [0.1, 0.15) is 23.1 Å². The van der Waals surface area contributed by atoms with Gasteiger partial charge in [-0.1, -0.05) is 17.7 Å². The van der Waals surface area contributed by atoms with Gasteiger partial charge in [0, 0.05) is 5.02 Å². The first-order chi connectivity index (χ1) is 12.1. The molecule has 0 aliphatic carbocycles. The van der Waals surface area contributed by atoms with Gasteiger partial charge in [0.2, 0.25) is 5.95 Å². The van der Waals surface area contributed by atoms with Crippen LogP contribution in [0.2, 0.25) is 5.02 Å². The Balaban J connectivity index is 1.86. The van der Waals surface area contributed by atoms with E-state index in [1.165, 1.54) is 19.4 Å². The molecule has 0 atom stereocenters. The van der Waals surface area contributed by atoms with Crippen LogP contribution in [0.1, 0.15) is 0 Å². The van der Waals surface area contributed by atoms with Crippen LogP contribution < -0.4 is 15.4 Å². The normalized spacial score (nSPS) is 10.4. The number of halogens is 3. The lowest BCUT2D eigenvalue weighted by Crippen LogP contribution is -2.05. The third kappa shape index (κ3) is 3.92. The van der Waals surface area contributed by atoms with E-state index in [0.717, 1.165) is 12.1 Å². The second-order valence-electron chi connectivity index (χ2n) is 4.86. The Kier molecular flexibility index (Phi) is 4.90. The van der Waals surface area contributed by atoms with Crippen molar-refractivity contribution in [2.24, 2.45) is 0 Å². The van der Waals surface area contributed by atoms with Crippen molar-refractivity contribution in [1.82, 2.24) is 15.2 Å². The van der Waals surface area contributed by atoms with E-state index < -0.39 is 11.6 Å². The summed E-state index contributed by atoms with van der Waals surface area (Å²) in [5, 5.41) is 13.5. The molecule has 2 N–H and O–H groups in total. The number of para-hydroxylation sites is 1. The van der Waals surface area contributed by atoms with Crippen molar-refractivity contribution in [3.63, 3.8) is 0 Å². The molecule has 6 nitrogen and oxygen atoms in total. The molecule has 0 bridgehead atoms. The molecule has 1 aromatic heterocycles. The molecule has 0 aliphatic heterocycles. The van der Waals surface area contributed by atoms with Gasteiger partial charge in [0.05, 0.1) is 19.0 Å². The molecule has 25 heavy (non-hydrogen) atoms. The predicted molar refractivity (Wildman–Crippen MR) is 90.8 cm³/mol. The molecule has 0 saturated heterocycles. The van der Waals surface area contributed by atoms with E-state index in [9.17, 15) is 8.78 Å². The van der Waals surface area contributed by atoms with Crippen LogP contribution in [0.4, 0.5) is 31.9 Å². The number of rotatable bonds is 5. The van der Waals surface area contributed by atoms with Gasteiger partial charge in [-0.05, 0) is 30.3 Å². The van der Waals surface area contributed by atoms with E-state index in [2.05, 4.69) is 25.8 Å². The summed E-state index contributed by atoms with van der Waals surface area (Å²) in [4.78, 5) is 4.12. The minimum absolute atomic E-state index is 0.0994. The first-order valence-electron chi connectivity index (χ1n) is 7.08. The highest BCUT2D eigenvalue weighted by Gasteiger charge is 2.11. The van der Waals surface area contributed by atoms with Gasteiger partial charge in [-0.25, -0.2) is 8.78 Å². The molecule has 0 aliphatic rings. The molecule has 1 heterocycles. The van der Waals surface area contributed by atoms with Gasteiger partial charge < -0.3 is 15.4 Å². The number of hydrogen-bond donors (Lipinski definition) is 2. The molecule has 128 valence electrons. The van der Waals surface area contributed by atoms with Crippen LogP contribution in [-0.4, -0.2) is 22.3 Å². The lowest BCUT2D eigenvalue weighted by Gasteiger charge is -2.11. The molecule has 0 unspecified atom stereocenters. The molecule has 0 fully saturated rings. The highest BCUT2D eigenvalue weighted by atomic mass is 35.5. The SMILES string of the molecule is COc1ccc(Cl)cc1Nc1nncc(Nc2c(F)cccc2F)n1. The number of aromatic nitrogens is 3. The number of nitrogens with zero attached hydrogens (tertiary/aromatic N) is 3. The summed E-state index contributed by atoms with van der Waals surface area (Å²) in [6, 6.07) is 8.51. The zero-order valence-corrected chi connectivity index (χ0v) is 13.7. The van der Waals surface area contributed by atoms with Crippen molar-refractivity contribution in [2.45, 2.75) is 0 Å². The topological polar surface area (TPSA) is 72.0 Å². The molecule has 0 saturated carbocycles. The minimum atomic E-state index is -0.746. The standard InChI is InChI=1S/C16H12ClF2N5O/c1-25-13-6-5-9(17)7-12(13)21-16-23-14(8-20-24-16)22-15-10(18)3-2-4-11(15)19/h2-8H,1H3,(H2,21,22,23,24). The molecule has 9 heteroatoms. The summed E-state index contributed by atoms with van der Waals surface area (Å²) >= 11 is 5.97. The third-order valence-corrected chi connectivity index (χ3v) is 3.42. The first kappa shape index (κ1) is 16.8. The lowest BCUT2D eigenvalue weighted by atomic mass is 10.3. The highest BCUT2D eigenvalue weighted by Crippen LogP contribution is 2.30. The quantitative estimate of drug-likeness (QED) is 0.704. The summed E-state index contributed by atoms with van der Waals surface area (Å²) in [6.45, 7) is 0. The Hall–Kier alpha value is -3.00. The highest BCUT2D eigenvalue weighted by molar-refractivity contribution is 6.31. The van der Waals surface area contributed by atoms with Crippen molar-refractivity contribution in [2.75, 3.05) is 17.7 Å². The summed E-state index contributed by atoms with van der Waals surface area (Å²) in [6.07, 6.45) is 1.24. The Bertz CT molecular complexity index is 889. The Morgan fingerprint density at radius 3 is 2.56 bits per heavy atom. The molecule has 3 aromatic rings. The molecule has 2 aromatic carbocycles. The average Bonchev–Trinajstić information content (AvgIpc) is 2.59. The van der Waals surface area contributed by atoms with Crippen LogP contribution in [0.3, 0.4) is 0 Å². The average molecular weight is 364 g/mol. The summed E-state index contributed by atoms with van der Waals surface area (Å²) in [5.41, 5.74) is 0.195. The van der Waals surface area contributed by atoms with Crippen molar-refractivity contribution in [1.29, 1.82) is 0 Å². The fourth-order valence-electron chi connectivity index (χ4n) is 2.06. The van der Waals surface area contributed by atoms with Crippen molar-refractivity contribution >= 4 is 34.7 Å². The zero-order valence-electron chi connectivity index (χ0n) is 12.9. The third-order valence-electron chi connectivity index (χ3n) is 3.18. The number of anilines is 4. The van der Waals surface area contributed by atoms with E-state index in [0.29, 0.717) is 16.5 Å². The van der Waals surface area contributed by atoms with E-state index in [-0.39, 0.29) is 17.5 Å². The molecular weight excluding hydrogens is 352 g/mol. The Labute approximate surface area is 146 Å². The molecule has 3 rings (SSSR count). The van der Waals surface area contributed by atoms with Crippen LogP contribution in [0.25, 0.3) is 0 Å². The Morgan fingerprint density at radius 2 is 1.84 bits per heavy atom. The van der Waals surface area contributed by atoms with Gasteiger partial charge >= 0.3 is 0 Å². The van der Waals surface area contributed by atoms with Gasteiger partial charge in [-0.2, -0.15) is 10.1 Å². The monoisotopic (exact) mass is 363 g/mol. The number of benzene rings is 2. The van der Waals surface area contributed by atoms with E-state index in [1.807, 2.05) is 0 Å². The van der Waals surface area contributed by atoms with Crippen molar-refractivity contribution in [3.05, 3.63) is 59.3 Å². The van der Waals surface area contributed by atoms with Gasteiger partial charge in [0.15, 0.2) is 5.82 Å². The van der Waals surface area contributed by atoms with Crippen molar-refractivity contribution < 1.29 is 13.5 Å². The Morgan fingerprint density at radius 1 is 1.08 bits per heavy atom. The second kappa shape index (κ2) is 7.27. The maximum absolute atomic E-state index is 13.7. The van der Waals surface area contributed by atoms with Gasteiger partial charge in [0.25, 0.3) is 0 Å². The zero-order chi connectivity index (χ0) is 17.8. The fraction of sp³-hybridized carbons (Fsp3) is 0.0625. The van der Waals surface area contributed by atoms with E-state index in [4.69, 9.17) is 16.3 Å².